The van der Waals surface area contributed by atoms with Crippen molar-refractivity contribution in [2.75, 3.05) is 6.61 Å². The van der Waals surface area contributed by atoms with Gasteiger partial charge in [0, 0.05) is 5.56 Å². The molecule has 0 saturated heterocycles. The highest BCUT2D eigenvalue weighted by Crippen LogP contribution is 2.34. The molecule has 2 N–H and O–H groups in total. The van der Waals surface area contributed by atoms with Gasteiger partial charge >= 0.3 is 5.97 Å². The van der Waals surface area contributed by atoms with Crippen LogP contribution in [0, 0.1) is 5.92 Å². The predicted octanol–water partition coefficient (Wildman–Crippen LogP) is 3.43. The van der Waals surface area contributed by atoms with Gasteiger partial charge in [-0.3, -0.25) is 9.59 Å². The number of benzene rings is 1. The molecule has 1 aliphatic carbocycles. The second-order valence-electron chi connectivity index (χ2n) is 6.44. The van der Waals surface area contributed by atoms with E-state index in [-0.39, 0.29) is 12.3 Å². The van der Waals surface area contributed by atoms with E-state index in [1.165, 1.54) is 0 Å². The summed E-state index contributed by atoms with van der Waals surface area (Å²) >= 11 is 6.14. The molecule has 0 radical (unpaired) electrons. The Morgan fingerprint density at radius 1 is 1.42 bits per heavy atom. The van der Waals surface area contributed by atoms with E-state index in [1.807, 2.05) is 13.8 Å². The first-order valence-electron chi connectivity index (χ1n) is 8.31. The molecule has 0 aliphatic heterocycles. The number of para-hydroxylation sites is 1. The van der Waals surface area contributed by atoms with E-state index in [2.05, 4.69) is 5.32 Å². The molecule has 1 amide bonds. The largest absolute Gasteiger partial charge is 0.492 e. The number of carboxylic acids is 1. The minimum absolute atomic E-state index is 0.109. The molecule has 1 aromatic carbocycles. The van der Waals surface area contributed by atoms with Crippen LogP contribution in [-0.4, -0.2) is 29.1 Å². The Hall–Kier alpha value is -1.75. The number of hydrogen-bond acceptors (Lipinski definition) is 3. The van der Waals surface area contributed by atoms with Gasteiger partial charge in [0.05, 0.1) is 29.5 Å². The van der Waals surface area contributed by atoms with E-state index < -0.39 is 17.4 Å². The Labute approximate surface area is 147 Å². The predicted molar refractivity (Wildman–Crippen MR) is 92.5 cm³/mol. The Balaban J connectivity index is 2.13. The second kappa shape index (κ2) is 7.88. The van der Waals surface area contributed by atoms with Gasteiger partial charge in [0.25, 0.3) is 0 Å². The van der Waals surface area contributed by atoms with Crippen LogP contribution in [0.5, 0.6) is 5.75 Å². The fourth-order valence-electron chi connectivity index (χ4n) is 3.41. The zero-order chi connectivity index (χ0) is 17.7. The van der Waals surface area contributed by atoms with Crippen LogP contribution in [0.1, 0.15) is 45.1 Å². The number of ether oxygens (including phenoxy) is 1. The van der Waals surface area contributed by atoms with E-state index in [1.54, 1.807) is 18.2 Å². The quantitative estimate of drug-likeness (QED) is 0.821. The standard InChI is InChI=1S/C18H24ClNO4/c1-3-24-16-12(7-6-9-14(16)19)11-15(21)20-18(2)10-5-4-8-13(18)17(22)23/h6-7,9,13H,3-5,8,10-11H2,1-2H3,(H,20,21)(H,22,23). The maximum atomic E-state index is 12.5. The first-order chi connectivity index (χ1) is 11.4. The summed E-state index contributed by atoms with van der Waals surface area (Å²) in [6.07, 6.45) is 3.17. The summed E-state index contributed by atoms with van der Waals surface area (Å²) in [6.45, 7) is 4.13. The van der Waals surface area contributed by atoms with Crippen molar-refractivity contribution < 1.29 is 19.4 Å². The van der Waals surface area contributed by atoms with E-state index in [9.17, 15) is 14.7 Å². The summed E-state index contributed by atoms with van der Waals surface area (Å²) in [5.74, 6) is -1.11. The lowest BCUT2D eigenvalue weighted by Gasteiger charge is -2.39. The summed E-state index contributed by atoms with van der Waals surface area (Å²) in [6, 6.07) is 5.29. The summed E-state index contributed by atoms with van der Waals surface area (Å²) in [5, 5.41) is 12.9. The summed E-state index contributed by atoms with van der Waals surface area (Å²) in [7, 11) is 0. The van der Waals surface area contributed by atoms with E-state index in [0.717, 1.165) is 12.8 Å². The number of amides is 1. The molecule has 1 aliphatic rings. The molecule has 1 aromatic rings. The molecule has 2 atom stereocenters. The van der Waals surface area contributed by atoms with Crippen molar-refractivity contribution in [3.05, 3.63) is 28.8 Å². The average molecular weight is 354 g/mol. The molecule has 1 fully saturated rings. The van der Waals surface area contributed by atoms with E-state index >= 15 is 0 Å². The fourth-order valence-corrected chi connectivity index (χ4v) is 3.66. The number of aliphatic carboxylic acids is 1. The van der Waals surface area contributed by atoms with Crippen molar-refractivity contribution in [2.24, 2.45) is 5.92 Å². The van der Waals surface area contributed by atoms with Crippen molar-refractivity contribution >= 4 is 23.5 Å². The highest BCUT2D eigenvalue weighted by Gasteiger charge is 2.42. The molecule has 0 spiro atoms. The third kappa shape index (κ3) is 4.20. The topological polar surface area (TPSA) is 75.6 Å². The third-order valence-electron chi connectivity index (χ3n) is 4.62. The minimum Gasteiger partial charge on any atom is -0.492 e. The zero-order valence-corrected chi connectivity index (χ0v) is 14.9. The van der Waals surface area contributed by atoms with Crippen LogP contribution >= 0.6 is 11.6 Å². The Bertz CT molecular complexity index is 619. The van der Waals surface area contributed by atoms with Gasteiger partial charge in [0.1, 0.15) is 5.75 Å². The van der Waals surface area contributed by atoms with Crippen LogP contribution in [-0.2, 0) is 16.0 Å². The molecular formula is C18H24ClNO4. The molecule has 0 aromatic heterocycles. The van der Waals surface area contributed by atoms with Crippen molar-refractivity contribution in [1.29, 1.82) is 0 Å². The van der Waals surface area contributed by atoms with E-state index in [4.69, 9.17) is 16.3 Å². The van der Waals surface area contributed by atoms with Crippen LogP contribution in [0.2, 0.25) is 5.02 Å². The highest BCUT2D eigenvalue weighted by molar-refractivity contribution is 6.32. The SMILES string of the molecule is CCOc1c(Cl)cccc1CC(=O)NC1(C)CCCCC1C(=O)O. The van der Waals surface area contributed by atoms with Crippen molar-refractivity contribution in [3.63, 3.8) is 0 Å². The van der Waals surface area contributed by atoms with Gasteiger partial charge < -0.3 is 15.2 Å². The third-order valence-corrected chi connectivity index (χ3v) is 4.92. The molecule has 24 heavy (non-hydrogen) atoms. The first kappa shape index (κ1) is 18.6. The summed E-state index contributed by atoms with van der Waals surface area (Å²) in [5.41, 5.74) is -0.0148. The molecule has 0 bridgehead atoms. The highest BCUT2D eigenvalue weighted by atomic mass is 35.5. The minimum atomic E-state index is -0.852. The number of carboxylic acid groups (broad SMARTS) is 1. The number of carbonyl (C=O) groups is 2. The molecule has 132 valence electrons. The Morgan fingerprint density at radius 3 is 2.83 bits per heavy atom. The number of nitrogens with one attached hydrogen (secondary N) is 1. The molecule has 2 unspecified atom stereocenters. The molecule has 5 nitrogen and oxygen atoms in total. The van der Waals surface area contributed by atoms with Gasteiger partial charge in [0.2, 0.25) is 5.91 Å². The smallest absolute Gasteiger partial charge is 0.308 e. The number of hydrogen-bond donors (Lipinski definition) is 2. The lowest BCUT2D eigenvalue weighted by molar-refractivity contribution is -0.146. The normalized spacial score (nSPS) is 23.5. The molecular weight excluding hydrogens is 330 g/mol. The summed E-state index contributed by atoms with van der Waals surface area (Å²) < 4.78 is 5.54. The van der Waals surface area contributed by atoms with Gasteiger partial charge in [-0.05, 0) is 32.8 Å². The van der Waals surface area contributed by atoms with Gasteiger partial charge in [-0.25, -0.2) is 0 Å². The maximum Gasteiger partial charge on any atom is 0.308 e. The van der Waals surface area contributed by atoms with Crippen LogP contribution in [0.15, 0.2) is 18.2 Å². The molecule has 2 rings (SSSR count). The molecule has 1 saturated carbocycles. The number of halogens is 1. The lowest BCUT2D eigenvalue weighted by atomic mass is 9.74. The lowest BCUT2D eigenvalue weighted by Crippen LogP contribution is -2.55. The van der Waals surface area contributed by atoms with E-state index in [0.29, 0.717) is 35.8 Å². The van der Waals surface area contributed by atoms with Gasteiger partial charge in [0.15, 0.2) is 0 Å². The fraction of sp³-hybridized carbons (Fsp3) is 0.556. The van der Waals surface area contributed by atoms with Gasteiger partial charge in [-0.2, -0.15) is 0 Å². The van der Waals surface area contributed by atoms with Crippen molar-refractivity contribution in [2.45, 2.75) is 51.5 Å². The molecule has 6 heteroatoms. The Morgan fingerprint density at radius 2 is 2.17 bits per heavy atom. The molecule has 0 heterocycles. The number of carbonyl (C=O) groups excluding carboxylic acids is 1. The van der Waals surface area contributed by atoms with Crippen LogP contribution in [0.25, 0.3) is 0 Å². The van der Waals surface area contributed by atoms with Crippen LogP contribution in [0.4, 0.5) is 0 Å². The first-order valence-corrected chi connectivity index (χ1v) is 8.69. The summed E-state index contributed by atoms with van der Waals surface area (Å²) in [4.78, 5) is 24.0. The van der Waals surface area contributed by atoms with Crippen molar-refractivity contribution in [3.8, 4) is 5.75 Å². The number of rotatable bonds is 6. The monoisotopic (exact) mass is 353 g/mol. The van der Waals surface area contributed by atoms with Crippen LogP contribution < -0.4 is 10.1 Å². The van der Waals surface area contributed by atoms with Crippen LogP contribution in [0.3, 0.4) is 0 Å². The van der Waals surface area contributed by atoms with Crippen molar-refractivity contribution in [1.82, 2.24) is 5.32 Å². The zero-order valence-electron chi connectivity index (χ0n) is 14.1. The average Bonchev–Trinajstić information content (AvgIpc) is 2.50. The Kier molecular flexibility index (Phi) is 6.10. The maximum absolute atomic E-state index is 12.5. The second-order valence-corrected chi connectivity index (χ2v) is 6.85. The van der Waals surface area contributed by atoms with Gasteiger partial charge in [-0.15, -0.1) is 0 Å². The van der Waals surface area contributed by atoms with Gasteiger partial charge in [-0.1, -0.05) is 36.6 Å².